The Bertz CT molecular complexity index is 1130. The van der Waals surface area contributed by atoms with Crippen LogP contribution >= 0.6 is 11.6 Å². The second kappa shape index (κ2) is 9.08. The van der Waals surface area contributed by atoms with E-state index in [1.807, 2.05) is 42.7 Å². The van der Waals surface area contributed by atoms with Crippen molar-refractivity contribution in [2.45, 2.75) is 39.7 Å². The van der Waals surface area contributed by atoms with Crippen LogP contribution in [0.5, 0.6) is 0 Å². The molecule has 1 fully saturated rings. The largest absolute Gasteiger partial charge is 0.381 e. The molecule has 7 nitrogen and oxygen atoms in total. The van der Waals surface area contributed by atoms with Crippen LogP contribution in [0.3, 0.4) is 0 Å². The van der Waals surface area contributed by atoms with E-state index in [4.69, 9.17) is 16.3 Å². The molecule has 4 heterocycles. The van der Waals surface area contributed by atoms with Gasteiger partial charge < -0.3 is 19.4 Å². The lowest BCUT2D eigenvalue weighted by Crippen LogP contribution is -2.39. The molecule has 0 radical (unpaired) electrons. The molecule has 2 aliphatic heterocycles. The normalized spacial score (nSPS) is 19.7. The van der Waals surface area contributed by atoms with Crippen molar-refractivity contribution in [1.29, 1.82) is 0 Å². The first-order valence-electron chi connectivity index (χ1n) is 10.9. The summed E-state index contributed by atoms with van der Waals surface area (Å²) in [4.78, 5) is 31.8. The maximum Gasteiger partial charge on any atom is 0.254 e. The molecule has 0 saturated carbocycles. The Morgan fingerprint density at radius 3 is 2.69 bits per heavy atom. The zero-order valence-electron chi connectivity index (χ0n) is 18.9. The number of carbonyl (C=O) groups is 2. The summed E-state index contributed by atoms with van der Waals surface area (Å²) < 4.78 is 7.56. The van der Waals surface area contributed by atoms with Crippen LogP contribution in [0, 0.1) is 12.8 Å². The van der Waals surface area contributed by atoms with Gasteiger partial charge in [-0.05, 0) is 51.8 Å². The molecule has 0 aromatic carbocycles. The zero-order valence-corrected chi connectivity index (χ0v) is 19.7. The molecule has 0 aliphatic carbocycles. The Kier molecular flexibility index (Phi) is 6.40. The van der Waals surface area contributed by atoms with Gasteiger partial charge in [0.05, 0.1) is 10.9 Å². The van der Waals surface area contributed by atoms with E-state index in [1.54, 1.807) is 6.92 Å². The van der Waals surface area contributed by atoms with Gasteiger partial charge >= 0.3 is 0 Å². The highest BCUT2D eigenvalue weighted by atomic mass is 35.5. The lowest BCUT2D eigenvalue weighted by Gasteiger charge is -2.34. The van der Waals surface area contributed by atoms with Crippen LogP contribution in [0.2, 0.25) is 5.02 Å². The van der Waals surface area contributed by atoms with E-state index in [-0.39, 0.29) is 18.4 Å². The Labute approximate surface area is 193 Å². The third kappa shape index (κ3) is 4.32. The van der Waals surface area contributed by atoms with E-state index in [1.165, 1.54) is 0 Å². The number of amides is 2. The van der Waals surface area contributed by atoms with E-state index < -0.39 is 5.92 Å². The number of aliphatic imine (C=N–C) groups is 1. The molecule has 1 saturated heterocycles. The van der Waals surface area contributed by atoms with Gasteiger partial charge in [-0.1, -0.05) is 17.2 Å². The summed E-state index contributed by atoms with van der Waals surface area (Å²) in [5.74, 6) is 0.0828. The fourth-order valence-corrected chi connectivity index (χ4v) is 4.87. The van der Waals surface area contributed by atoms with E-state index in [2.05, 4.69) is 22.3 Å². The van der Waals surface area contributed by atoms with E-state index >= 15 is 0 Å². The molecule has 32 heavy (non-hydrogen) atoms. The Morgan fingerprint density at radius 2 is 2.00 bits per heavy atom. The number of allylic oxidation sites excluding steroid dienone is 1. The second-order valence-corrected chi connectivity index (χ2v) is 9.09. The molecule has 2 amide bonds. The van der Waals surface area contributed by atoms with Crippen LogP contribution in [0.15, 0.2) is 35.0 Å². The van der Waals surface area contributed by atoms with Gasteiger partial charge in [0, 0.05) is 61.4 Å². The van der Waals surface area contributed by atoms with Crippen LogP contribution in [0.4, 0.5) is 5.82 Å². The summed E-state index contributed by atoms with van der Waals surface area (Å²) in [5.41, 5.74) is 3.90. The summed E-state index contributed by atoms with van der Waals surface area (Å²) in [7, 11) is 2.06. The average Bonchev–Trinajstić information content (AvgIpc) is 3.12. The molecule has 0 spiro atoms. The van der Waals surface area contributed by atoms with E-state index in [0.29, 0.717) is 22.3 Å². The van der Waals surface area contributed by atoms with Crippen LogP contribution < -0.4 is 10.2 Å². The molecule has 170 valence electrons. The Morgan fingerprint density at radius 1 is 1.28 bits per heavy atom. The number of hydrogen-bond donors (Lipinski definition) is 1. The van der Waals surface area contributed by atoms with Gasteiger partial charge in [0.15, 0.2) is 0 Å². The molecule has 2 aliphatic rings. The maximum absolute atomic E-state index is 13.2. The first-order chi connectivity index (χ1) is 15.3. The highest BCUT2D eigenvalue weighted by molar-refractivity contribution is 6.31. The van der Waals surface area contributed by atoms with Crippen LogP contribution in [-0.4, -0.2) is 54.8 Å². The fraction of sp³-hybridized carbons (Fsp3) is 0.458. The number of hydrogen-bond acceptors (Lipinski definition) is 4. The lowest BCUT2D eigenvalue weighted by atomic mass is 9.95. The molecule has 2 aromatic heterocycles. The molecule has 1 N–H and O–H groups in total. The number of rotatable bonds is 5. The minimum Gasteiger partial charge on any atom is -0.381 e. The summed E-state index contributed by atoms with van der Waals surface area (Å²) in [6.07, 6.45) is 5.63. The van der Waals surface area contributed by atoms with Crippen LogP contribution in [-0.2, 0) is 9.53 Å². The van der Waals surface area contributed by atoms with Gasteiger partial charge in [-0.3, -0.25) is 9.59 Å². The molecule has 1 unspecified atom stereocenters. The van der Waals surface area contributed by atoms with Gasteiger partial charge in [0.2, 0.25) is 0 Å². The van der Waals surface area contributed by atoms with Gasteiger partial charge in [0.25, 0.3) is 11.8 Å². The summed E-state index contributed by atoms with van der Waals surface area (Å²) in [6.45, 7) is 7.33. The average molecular weight is 457 g/mol. The van der Waals surface area contributed by atoms with Crippen LogP contribution in [0.1, 0.15) is 42.6 Å². The molecule has 4 rings (SSSR count). The lowest BCUT2D eigenvalue weighted by molar-refractivity contribution is -0.120. The van der Waals surface area contributed by atoms with E-state index in [0.717, 1.165) is 48.5 Å². The summed E-state index contributed by atoms with van der Waals surface area (Å²) in [5, 5.41) is 3.57. The van der Waals surface area contributed by atoms with Crippen molar-refractivity contribution in [1.82, 2.24) is 9.72 Å². The van der Waals surface area contributed by atoms with Gasteiger partial charge in [-0.25, -0.2) is 4.99 Å². The Hall–Kier alpha value is -2.64. The molecule has 1 atom stereocenters. The topological polar surface area (TPSA) is 75.4 Å². The smallest absolute Gasteiger partial charge is 0.254 e. The number of dihydropyridines is 1. The second-order valence-electron chi connectivity index (χ2n) is 8.66. The number of carbonyl (C=O) groups excluding carboxylic acids is 2. The number of anilines is 1. The van der Waals surface area contributed by atoms with Crippen molar-refractivity contribution >= 4 is 40.5 Å². The summed E-state index contributed by atoms with van der Waals surface area (Å²) in [6, 6.07) is 4.03. The number of ether oxygens (including phenoxy) is 1. The highest BCUT2D eigenvalue weighted by Crippen LogP contribution is 2.31. The van der Waals surface area contributed by atoms with Gasteiger partial charge in [-0.2, -0.15) is 0 Å². The van der Waals surface area contributed by atoms with Crippen molar-refractivity contribution in [3.8, 4) is 0 Å². The number of nitrogens with zero attached hydrogens (tertiary/aromatic N) is 3. The standard InChI is InChI=1S/C24H29ClN4O3/c1-14-9-15(2)27-23(31)21(14)12-26-22(30)20-11-19-10-17(25)13-29(19)24(16(20)3)28(4)18-5-7-32-8-6-18/h9-11,13,18,21H,5-8,12H2,1-4H3,(H,26,30). The number of pyridine rings is 1. The minimum atomic E-state index is -0.432. The summed E-state index contributed by atoms with van der Waals surface area (Å²) >= 11 is 6.32. The van der Waals surface area contributed by atoms with Crippen molar-refractivity contribution in [3.05, 3.63) is 46.1 Å². The molecular weight excluding hydrogens is 428 g/mol. The zero-order chi connectivity index (χ0) is 23.0. The third-order valence-electron chi connectivity index (χ3n) is 6.43. The third-order valence-corrected chi connectivity index (χ3v) is 6.64. The van der Waals surface area contributed by atoms with Gasteiger partial charge in [-0.15, -0.1) is 0 Å². The number of fused-ring (bicyclic) bond motifs is 1. The number of aromatic nitrogens is 1. The molecule has 2 aromatic rings. The van der Waals surface area contributed by atoms with Crippen molar-refractivity contribution in [2.24, 2.45) is 10.9 Å². The monoisotopic (exact) mass is 456 g/mol. The first-order valence-corrected chi connectivity index (χ1v) is 11.3. The van der Waals surface area contributed by atoms with Crippen molar-refractivity contribution in [2.75, 3.05) is 31.7 Å². The van der Waals surface area contributed by atoms with Crippen LogP contribution in [0.25, 0.3) is 5.52 Å². The fourth-order valence-electron chi connectivity index (χ4n) is 4.66. The Balaban J connectivity index is 1.64. The van der Waals surface area contributed by atoms with Crippen molar-refractivity contribution < 1.29 is 14.3 Å². The quantitative estimate of drug-likeness (QED) is 0.742. The molecular formula is C24H29ClN4O3. The predicted molar refractivity (Wildman–Crippen MR) is 127 cm³/mol. The maximum atomic E-state index is 13.2. The molecule has 8 heteroatoms. The number of nitrogens with one attached hydrogen (secondary N) is 1. The first kappa shape index (κ1) is 22.6. The molecule has 0 bridgehead atoms. The minimum absolute atomic E-state index is 0.212. The number of halogens is 1. The SMILES string of the molecule is CC1=CC(C)=NC(=O)C1CNC(=O)c1cc2cc(Cl)cn2c(N(C)C2CCOCC2)c1C. The highest BCUT2D eigenvalue weighted by Gasteiger charge is 2.27. The predicted octanol–water partition coefficient (Wildman–Crippen LogP) is 3.81. The van der Waals surface area contributed by atoms with Gasteiger partial charge in [0.1, 0.15) is 5.82 Å². The van der Waals surface area contributed by atoms with Crippen molar-refractivity contribution in [3.63, 3.8) is 0 Å². The van der Waals surface area contributed by atoms with E-state index in [9.17, 15) is 9.59 Å².